The molecule has 0 amide bonds. The molecule has 0 fully saturated rings. The van der Waals surface area contributed by atoms with Crippen LogP contribution in [0.4, 0.5) is 17.2 Å². The van der Waals surface area contributed by atoms with Gasteiger partial charge in [0.2, 0.25) is 0 Å². The van der Waals surface area contributed by atoms with Gasteiger partial charge >= 0.3 is 0 Å². The minimum atomic E-state index is -0.409. The third-order valence-corrected chi connectivity index (χ3v) is 3.94. The Morgan fingerprint density at radius 1 is 1.16 bits per heavy atom. The predicted octanol–water partition coefficient (Wildman–Crippen LogP) is 4.24. The summed E-state index contributed by atoms with van der Waals surface area (Å²) in [4.78, 5) is 19.4. The Kier molecular flexibility index (Phi) is 4.95. The predicted molar refractivity (Wildman–Crippen MR) is 99.1 cm³/mol. The van der Waals surface area contributed by atoms with E-state index in [1.165, 1.54) is 12.4 Å². The number of rotatable bonds is 6. The van der Waals surface area contributed by atoms with E-state index in [-0.39, 0.29) is 5.69 Å². The molecule has 0 atom stereocenters. The third-order valence-electron chi connectivity index (χ3n) is 3.69. The molecule has 0 aliphatic carbocycles. The van der Waals surface area contributed by atoms with Gasteiger partial charge in [-0.1, -0.05) is 23.7 Å². The van der Waals surface area contributed by atoms with Crippen molar-refractivity contribution in [2.24, 2.45) is 0 Å². The summed E-state index contributed by atoms with van der Waals surface area (Å²) in [5, 5.41) is 18.8. The zero-order chi connectivity index (χ0) is 17.8. The maximum absolute atomic E-state index is 11.4. The molecule has 0 saturated heterocycles. The van der Waals surface area contributed by atoms with Crippen molar-refractivity contribution in [3.63, 3.8) is 0 Å². The van der Waals surface area contributed by atoms with Crippen molar-refractivity contribution in [2.75, 3.05) is 17.2 Å². The molecule has 2 aromatic carbocycles. The van der Waals surface area contributed by atoms with Crippen LogP contribution in [0.5, 0.6) is 0 Å². The minimum Gasteiger partial charge on any atom is -0.380 e. The van der Waals surface area contributed by atoms with E-state index in [2.05, 4.69) is 20.6 Å². The highest BCUT2D eigenvalue weighted by molar-refractivity contribution is 6.30. The molecule has 25 heavy (non-hydrogen) atoms. The summed E-state index contributed by atoms with van der Waals surface area (Å²) in [5.41, 5.74) is 2.10. The fourth-order valence-corrected chi connectivity index (χ4v) is 2.63. The van der Waals surface area contributed by atoms with Crippen molar-refractivity contribution in [1.29, 1.82) is 0 Å². The molecule has 0 radical (unpaired) electrons. The number of nitro benzene ring substituents is 1. The van der Waals surface area contributed by atoms with Gasteiger partial charge in [-0.25, -0.2) is 9.97 Å². The number of nitro groups is 1. The smallest absolute Gasteiger partial charge is 0.293 e. The quantitative estimate of drug-likeness (QED) is 0.506. The van der Waals surface area contributed by atoms with E-state index in [1.807, 2.05) is 31.2 Å². The first-order valence-corrected chi connectivity index (χ1v) is 8.11. The van der Waals surface area contributed by atoms with Crippen molar-refractivity contribution in [3.8, 4) is 0 Å². The van der Waals surface area contributed by atoms with E-state index in [1.54, 1.807) is 6.07 Å². The molecule has 0 aliphatic heterocycles. The Hall–Kier alpha value is -2.93. The molecular weight excluding hydrogens is 342 g/mol. The molecule has 0 bridgehead atoms. The minimum absolute atomic E-state index is 0.00121. The molecule has 128 valence electrons. The maximum Gasteiger partial charge on any atom is 0.293 e. The molecule has 8 heteroatoms. The number of anilines is 2. The van der Waals surface area contributed by atoms with Crippen LogP contribution in [0, 0.1) is 10.1 Å². The van der Waals surface area contributed by atoms with Crippen LogP contribution >= 0.6 is 11.6 Å². The van der Waals surface area contributed by atoms with Crippen LogP contribution in [0.1, 0.15) is 12.5 Å². The maximum atomic E-state index is 11.4. The topological polar surface area (TPSA) is 93.0 Å². The SMILES string of the molecule is CCNc1cc2ncnc(NCc3ccc(Cl)cc3)c2cc1[N+](=O)[O-]. The van der Waals surface area contributed by atoms with Crippen LogP contribution in [0.2, 0.25) is 5.02 Å². The Balaban J connectivity index is 1.96. The Morgan fingerprint density at radius 2 is 1.92 bits per heavy atom. The van der Waals surface area contributed by atoms with Crippen LogP contribution in [-0.2, 0) is 6.54 Å². The van der Waals surface area contributed by atoms with E-state index in [4.69, 9.17) is 11.6 Å². The molecule has 1 aromatic heterocycles. The van der Waals surface area contributed by atoms with Gasteiger partial charge < -0.3 is 10.6 Å². The largest absolute Gasteiger partial charge is 0.380 e. The molecular formula is C17H16ClN5O2. The van der Waals surface area contributed by atoms with E-state index in [0.717, 1.165) is 5.56 Å². The lowest BCUT2D eigenvalue weighted by molar-refractivity contribution is -0.383. The molecule has 7 nitrogen and oxygen atoms in total. The van der Waals surface area contributed by atoms with Gasteiger partial charge in [0.05, 0.1) is 10.4 Å². The number of benzene rings is 2. The number of halogens is 1. The standard InChI is InChI=1S/C17H16ClN5O2/c1-2-19-15-8-14-13(7-16(15)23(24)25)17(22-10-21-14)20-9-11-3-5-12(18)6-4-11/h3-8,10,19H,2,9H2,1H3,(H,20,21,22). The van der Waals surface area contributed by atoms with Gasteiger partial charge in [-0.05, 0) is 30.7 Å². The first-order valence-electron chi connectivity index (χ1n) is 7.74. The van der Waals surface area contributed by atoms with E-state index in [0.29, 0.717) is 40.5 Å². The molecule has 3 rings (SSSR count). The first-order chi connectivity index (χ1) is 12.1. The van der Waals surface area contributed by atoms with E-state index >= 15 is 0 Å². The molecule has 1 heterocycles. The first kappa shape index (κ1) is 16.9. The van der Waals surface area contributed by atoms with Crippen molar-refractivity contribution >= 4 is 39.7 Å². The zero-order valence-corrected chi connectivity index (χ0v) is 14.2. The van der Waals surface area contributed by atoms with Crippen molar-refractivity contribution < 1.29 is 4.92 Å². The average molecular weight is 358 g/mol. The Labute approximate surface area is 149 Å². The van der Waals surface area contributed by atoms with Crippen LogP contribution < -0.4 is 10.6 Å². The zero-order valence-electron chi connectivity index (χ0n) is 13.5. The summed E-state index contributed by atoms with van der Waals surface area (Å²) in [6.07, 6.45) is 1.44. The van der Waals surface area contributed by atoms with E-state index < -0.39 is 4.92 Å². The van der Waals surface area contributed by atoms with Crippen molar-refractivity contribution in [2.45, 2.75) is 13.5 Å². The number of aromatic nitrogens is 2. The second kappa shape index (κ2) is 7.31. The van der Waals surface area contributed by atoms with Gasteiger partial charge in [-0.15, -0.1) is 0 Å². The second-order valence-corrected chi connectivity index (χ2v) is 5.81. The Bertz CT molecular complexity index is 915. The monoisotopic (exact) mass is 357 g/mol. The fraction of sp³-hybridized carbons (Fsp3) is 0.176. The third kappa shape index (κ3) is 3.77. The van der Waals surface area contributed by atoms with Crippen LogP contribution in [0.15, 0.2) is 42.7 Å². The van der Waals surface area contributed by atoms with E-state index in [9.17, 15) is 10.1 Å². The van der Waals surface area contributed by atoms with Gasteiger partial charge in [0.25, 0.3) is 5.69 Å². The number of nitrogens with zero attached hydrogens (tertiary/aromatic N) is 3. The molecule has 2 N–H and O–H groups in total. The second-order valence-electron chi connectivity index (χ2n) is 5.38. The van der Waals surface area contributed by atoms with Gasteiger partial charge in [0.1, 0.15) is 17.8 Å². The normalized spacial score (nSPS) is 10.6. The molecule has 0 aliphatic rings. The summed E-state index contributed by atoms with van der Waals surface area (Å²) >= 11 is 5.88. The van der Waals surface area contributed by atoms with Gasteiger partial charge in [-0.3, -0.25) is 10.1 Å². The summed E-state index contributed by atoms with van der Waals surface area (Å²) < 4.78 is 0. The summed E-state index contributed by atoms with van der Waals surface area (Å²) in [6.45, 7) is 2.98. The van der Waals surface area contributed by atoms with Gasteiger partial charge in [0.15, 0.2) is 0 Å². The highest BCUT2D eigenvalue weighted by atomic mass is 35.5. The van der Waals surface area contributed by atoms with Crippen LogP contribution in [0.25, 0.3) is 10.9 Å². The van der Waals surface area contributed by atoms with Crippen molar-refractivity contribution in [1.82, 2.24) is 9.97 Å². The lowest BCUT2D eigenvalue weighted by Gasteiger charge is -2.10. The summed E-state index contributed by atoms with van der Waals surface area (Å²) in [5.74, 6) is 0.547. The fourth-order valence-electron chi connectivity index (χ4n) is 2.50. The van der Waals surface area contributed by atoms with Gasteiger partial charge in [0, 0.05) is 29.6 Å². The number of fused-ring (bicyclic) bond motifs is 1. The molecule has 0 spiro atoms. The molecule has 0 saturated carbocycles. The Morgan fingerprint density at radius 3 is 2.60 bits per heavy atom. The highest BCUT2D eigenvalue weighted by Crippen LogP contribution is 2.32. The molecule has 0 unspecified atom stereocenters. The number of hydrogen-bond donors (Lipinski definition) is 2. The molecule has 3 aromatic rings. The summed E-state index contributed by atoms with van der Waals surface area (Å²) in [6, 6.07) is 10.6. The summed E-state index contributed by atoms with van der Waals surface area (Å²) in [7, 11) is 0. The number of hydrogen-bond acceptors (Lipinski definition) is 6. The van der Waals surface area contributed by atoms with Gasteiger partial charge in [-0.2, -0.15) is 0 Å². The van der Waals surface area contributed by atoms with Crippen molar-refractivity contribution in [3.05, 3.63) is 63.4 Å². The van der Waals surface area contributed by atoms with Crippen LogP contribution in [0.3, 0.4) is 0 Å². The lowest BCUT2D eigenvalue weighted by Crippen LogP contribution is -2.05. The number of nitrogens with one attached hydrogen (secondary N) is 2. The lowest BCUT2D eigenvalue weighted by atomic mass is 10.1. The van der Waals surface area contributed by atoms with Crippen LogP contribution in [-0.4, -0.2) is 21.4 Å². The average Bonchev–Trinajstić information content (AvgIpc) is 2.60. The highest BCUT2D eigenvalue weighted by Gasteiger charge is 2.17.